The quantitative estimate of drug-likeness (QED) is 0.778. The first-order valence-electron chi connectivity index (χ1n) is 5.64. The van der Waals surface area contributed by atoms with E-state index in [0.29, 0.717) is 18.7 Å². The zero-order chi connectivity index (χ0) is 13.5. The smallest absolute Gasteiger partial charge is 0.335 e. The average Bonchev–Trinajstić information content (AvgIpc) is 2.38. The Bertz CT molecular complexity index is 431. The highest BCUT2D eigenvalue weighted by molar-refractivity contribution is 5.97. The van der Waals surface area contributed by atoms with E-state index in [2.05, 4.69) is 0 Å². The third kappa shape index (κ3) is 3.85. The molecule has 1 aromatic rings. The molecule has 1 amide bonds. The molecule has 0 bridgehead atoms. The number of aromatic carboxylic acids is 1. The molecule has 0 aliphatic rings. The van der Waals surface area contributed by atoms with Crippen LogP contribution < -0.4 is 0 Å². The topological polar surface area (TPSA) is 66.8 Å². The second-order valence-electron chi connectivity index (χ2n) is 3.96. The van der Waals surface area contributed by atoms with Crippen LogP contribution >= 0.6 is 0 Å². The van der Waals surface area contributed by atoms with Crippen molar-refractivity contribution in [2.75, 3.05) is 27.3 Å². The summed E-state index contributed by atoms with van der Waals surface area (Å²) in [5.41, 5.74) is 0.501. The molecule has 5 heteroatoms. The molecule has 0 atom stereocenters. The third-order valence-electron chi connectivity index (χ3n) is 2.55. The molecule has 5 nitrogen and oxygen atoms in total. The van der Waals surface area contributed by atoms with Gasteiger partial charge in [-0.25, -0.2) is 4.79 Å². The predicted molar refractivity (Wildman–Crippen MR) is 66.9 cm³/mol. The van der Waals surface area contributed by atoms with Gasteiger partial charge in [-0.2, -0.15) is 0 Å². The highest BCUT2D eigenvalue weighted by Gasteiger charge is 2.13. The predicted octanol–water partition coefficient (Wildman–Crippen LogP) is 1.49. The molecule has 0 unspecified atom stereocenters. The highest BCUT2D eigenvalue weighted by Crippen LogP contribution is 2.08. The molecule has 1 aromatic carbocycles. The lowest BCUT2D eigenvalue weighted by Gasteiger charge is -2.17. The van der Waals surface area contributed by atoms with Crippen LogP contribution in [0.15, 0.2) is 24.3 Å². The van der Waals surface area contributed by atoms with E-state index in [4.69, 9.17) is 9.84 Å². The molecule has 98 valence electrons. The average molecular weight is 251 g/mol. The summed E-state index contributed by atoms with van der Waals surface area (Å²) in [4.78, 5) is 24.4. The Kier molecular flexibility index (Phi) is 5.32. The van der Waals surface area contributed by atoms with E-state index in [9.17, 15) is 9.59 Å². The molecule has 1 N–H and O–H groups in total. The molecule has 0 saturated heterocycles. The van der Waals surface area contributed by atoms with Crippen molar-refractivity contribution in [1.82, 2.24) is 4.90 Å². The molecule has 0 aliphatic heterocycles. The van der Waals surface area contributed by atoms with Crippen LogP contribution in [-0.4, -0.2) is 49.2 Å². The van der Waals surface area contributed by atoms with E-state index in [1.807, 2.05) is 0 Å². The van der Waals surface area contributed by atoms with E-state index < -0.39 is 5.97 Å². The van der Waals surface area contributed by atoms with Crippen molar-refractivity contribution in [2.45, 2.75) is 6.42 Å². The van der Waals surface area contributed by atoms with Crippen molar-refractivity contribution in [3.63, 3.8) is 0 Å². The molecule has 1 rings (SSSR count). The summed E-state index contributed by atoms with van der Waals surface area (Å²) < 4.78 is 4.91. The summed E-state index contributed by atoms with van der Waals surface area (Å²) in [7, 11) is 3.30. The Labute approximate surface area is 106 Å². The number of nitrogens with zero attached hydrogens (tertiary/aromatic N) is 1. The maximum atomic E-state index is 12.0. The van der Waals surface area contributed by atoms with Crippen molar-refractivity contribution >= 4 is 11.9 Å². The minimum atomic E-state index is -1.04. The largest absolute Gasteiger partial charge is 0.478 e. The fraction of sp³-hybridized carbons (Fsp3) is 0.385. The van der Waals surface area contributed by atoms with E-state index in [1.54, 1.807) is 31.2 Å². The number of amides is 1. The minimum Gasteiger partial charge on any atom is -0.478 e. The summed E-state index contributed by atoms with van der Waals surface area (Å²) in [6.07, 6.45) is 0.747. The number of benzene rings is 1. The van der Waals surface area contributed by atoms with Crippen LogP contribution in [-0.2, 0) is 4.74 Å². The van der Waals surface area contributed by atoms with Crippen LogP contribution in [0.25, 0.3) is 0 Å². The highest BCUT2D eigenvalue weighted by atomic mass is 16.5. The fourth-order valence-electron chi connectivity index (χ4n) is 1.55. The van der Waals surface area contributed by atoms with Gasteiger partial charge in [-0.15, -0.1) is 0 Å². The van der Waals surface area contributed by atoms with Crippen LogP contribution in [0.1, 0.15) is 27.1 Å². The van der Waals surface area contributed by atoms with Gasteiger partial charge in [0.2, 0.25) is 0 Å². The molecule has 0 heterocycles. The van der Waals surface area contributed by atoms with Gasteiger partial charge in [0.1, 0.15) is 0 Å². The van der Waals surface area contributed by atoms with E-state index in [-0.39, 0.29) is 11.5 Å². The number of carbonyl (C=O) groups is 2. The Hall–Kier alpha value is -1.88. The van der Waals surface area contributed by atoms with Crippen molar-refractivity contribution in [2.24, 2.45) is 0 Å². The standard InChI is InChI=1S/C13H17NO4/c1-14(7-4-8-18-2)12(15)10-5-3-6-11(9-10)13(16)17/h3,5-6,9H,4,7-8H2,1-2H3,(H,16,17). The SMILES string of the molecule is COCCCN(C)C(=O)c1cccc(C(=O)O)c1. The third-order valence-corrected chi connectivity index (χ3v) is 2.55. The summed E-state index contributed by atoms with van der Waals surface area (Å²) in [6.45, 7) is 1.16. The molecule has 18 heavy (non-hydrogen) atoms. The minimum absolute atomic E-state index is 0.117. The number of carboxylic acid groups (broad SMARTS) is 1. The Morgan fingerprint density at radius 1 is 1.33 bits per heavy atom. The Morgan fingerprint density at radius 2 is 2.00 bits per heavy atom. The molecule has 0 aromatic heterocycles. The van der Waals surface area contributed by atoms with Crippen LogP contribution in [0.3, 0.4) is 0 Å². The van der Waals surface area contributed by atoms with Gasteiger partial charge in [0.25, 0.3) is 5.91 Å². The zero-order valence-corrected chi connectivity index (χ0v) is 10.5. The lowest BCUT2D eigenvalue weighted by molar-refractivity contribution is 0.0697. The number of methoxy groups -OCH3 is 1. The number of carbonyl (C=O) groups excluding carboxylic acids is 1. The zero-order valence-electron chi connectivity index (χ0n) is 10.5. The maximum Gasteiger partial charge on any atom is 0.335 e. The Balaban J connectivity index is 2.71. The second kappa shape index (κ2) is 6.76. The molecular formula is C13H17NO4. The van der Waals surface area contributed by atoms with Crippen molar-refractivity contribution in [1.29, 1.82) is 0 Å². The van der Waals surface area contributed by atoms with Crippen molar-refractivity contribution < 1.29 is 19.4 Å². The fourth-order valence-corrected chi connectivity index (χ4v) is 1.55. The lowest BCUT2D eigenvalue weighted by Crippen LogP contribution is -2.28. The second-order valence-corrected chi connectivity index (χ2v) is 3.96. The van der Waals surface area contributed by atoms with E-state index >= 15 is 0 Å². The molecule has 0 fully saturated rings. The summed E-state index contributed by atoms with van der Waals surface area (Å²) in [6, 6.07) is 6.03. The van der Waals surface area contributed by atoms with Crippen LogP contribution in [0, 0.1) is 0 Å². The first-order chi connectivity index (χ1) is 8.56. The molecule has 0 radical (unpaired) electrons. The normalized spacial score (nSPS) is 10.1. The van der Waals surface area contributed by atoms with Gasteiger partial charge >= 0.3 is 5.97 Å². The molecular weight excluding hydrogens is 234 g/mol. The number of hydrogen-bond acceptors (Lipinski definition) is 3. The number of ether oxygens (including phenoxy) is 1. The number of hydrogen-bond donors (Lipinski definition) is 1. The summed E-state index contributed by atoms with van der Waals surface area (Å²) in [5.74, 6) is -1.22. The van der Waals surface area contributed by atoms with E-state index in [1.165, 1.54) is 12.1 Å². The molecule has 0 aliphatic carbocycles. The first-order valence-corrected chi connectivity index (χ1v) is 5.64. The number of carboxylic acids is 1. The molecule has 0 spiro atoms. The maximum absolute atomic E-state index is 12.0. The Morgan fingerprint density at radius 3 is 2.61 bits per heavy atom. The summed E-state index contributed by atoms with van der Waals surface area (Å²) in [5, 5.41) is 8.86. The van der Waals surface area contributed by atoms with Gasteiger partial charge in [-0.1, -0.05) is 6.07 Å². The van der Waals surface area contributed by atoms with E-state index in [0.717, 1.165) is 6.42 Å². The van der Waals surface area contributed by atoms with Gasteiger partial charge < -0.3 is 14.7 Å². The molecule has 0 saturated carbocycles. The van der Waals surface area contributed by atoms with Crippen LogP contribution in [0.2, 0.25) is 0 Å². The number of rotatable bonds is 6. The first kappa shape index (κ1) is 14.2. The van der Waals surface area contributed by atoms with Crippen LogP contribution in [0.5, 0.6) is 0 Å². The summed E-state index contributed by atoms with van der Waals surface area (Å²) >= 11 is 0. The van der Waals surface area contributed by atoms with Crippen molar-refractivity contribution in [3.05, 3.63) is 35.4 Å². The van der Waals surface area contributed by atoms with Gasteiger partial charge in [0.15, 0.2) is 0 Å². The van der Waals surface area contributed by atoms with Gasteiger partial charge in [-0.3, -0.25) is 4.79 Å². The lowest BCUT2D eigenvalue weighted by atomic mass is 10.1. The van der Waals surface area contributed by atoms with Crippen molar-refractivity contribution in [3.8, 4) is 0 Å². The van der Waals surface area contributed by atoms with Gasteiger partial charge in [0.05, 0.1) is 5.56 Å². The monoisotopic (exact) mass is 251 g/mol. The van der Waals surface area contributed by atoms with Gasteiger partial charge in [-0.05, 0) is 24.6 Å². The van der Waals surface area contributed by atoms with Crippen LogP contribution in [0.4, 0.5) is 0 Å². The van der Waals surface area contributed by atoms with Gasteiger partial charge in [0, 0.05) is 32.9 Å².